The van der Waals surface area contributed by atoms with Gasteiger partial charge >= 0.3 is 5.97 Å². The summed E-state index contributed by atoms with van der Waals surface area (Å²) in [6, 6.07) is 5.11. The van der Waals surface area contributed by atoms with E-state index in [1.165, 1.54) is 0 Å². The molecular formula is C15H17ClO2. The normalized spacial score (nSPS) is 10.5. The lowest BCUT2D eigenvalue weighted by atomic mass is 9.97. The number of benzene rings is 1. The molecule has 96 valence electrons. The number of carbonyl (C=O) groups is 1. The van der Waals surface area contributed by atoms with Crippen LogP contribution in [0.2, 0.25) is 5.02 Å². The van der Waals surface area contributed by atoms with Crippen molar-refractivity contribution in [2.75, 3.05) is 6.61 Å². The molecule has 0 aliphatic rings. The second-order valence-electron chi connectivity index (χ2n) is 4.92. The Morgan fingerprint density at radius 1 is 1.39 bits per heavy atom. The molecule has 18 heavy (non-hydrogen) atoms. The fraction of sp³-hybridized carbons (Fsp3) is 0.400. The Bertz CT molecular complexity index is 501. The summed E-state index contributed by atoms with van der Waals surface area (Å²) >= 11 is 6.04. The monoisotopic (exact) mass is 264 g/mol. The van der Waals surface area contributed by atoms with E-state index in [-0.39, 0.29) is 5.41 Å². The molecule has 0 N–H and O–H groups in total. The molecule has 0 aliphatic heterocycles. The molecule has 0 bridgehead atoms. The molecule has 0 saturated carbocycles. The number of hydrogen-bond donors (Lipinski definition) is 0. The zero-order valence-corrected chi connectivity index (χ0v) is 11.9. The molecule has 0 fully saturated rings. The third-order valence-electron chi connectivity index (χ3n) is 2.05. The minimum atomic E-state index is -0.405. The third-order valence-corrected chi connectivity index (χ3v) is 2.36. The minimum absolute atomic E-state index is 0.0632. The smallest absolute Gasteiger partial charge is 0.339 e. The Balaban J connectivity index is 2.99. The van der Waals surface area contributed by atoms with E-state index in [4.69, 9.17) is 16.3 Å². The largest absolute Gasteiger partial charge is 0.462 e. The molecule has 1 aromatic rings. The topological polar surface area (TPSA) is 26.3 Å². The number of carbonyl (C=O) groups excluding carboxylic acids is 1. The van der Waals surface area contributed by atoms with Crippen LogP contribution >= 0.6 is 11.6 Å². The zero-order valence-electron chi connectivity index (χ0n) is 11.1. The Hall–Kier alpha value is -1.46. The van der Waals surface area contributed by atoms with Crippen LogP contribution in [0.25, 0.3) is 0 Å². The number of halogens is 1. The first-order valence-corrected chi connectivity index (χ1v) is 6.21. The molecule has 0 atom stereocenters. The van der Waals surface area contributed by atoms with Crippen molar-refractivity contribution in [3.05, 3.63) is 34.3 Å². The molecule has 1 rings (SSSR count). The Labute approximate surface area is 113 Å². The van der Waals surface area contributed by atoms with Crippen LogP contribution in [0.15, 0.2) is 18.2 Å². The summed E-state index contributed by atoms with van der Waals surface area (Å²) in [4.78, 5) is 11.6. The van der Waals surface area contributed by atoms with Crippen molar-refractivity contribution in [2.24, 2.45) is 5.41 Å². The van der Waals surface area contributed by atoms with Crippen LogP contribution < -0.4 is 0 Å². The van der Waals surface area contributed by atoms with Gasteiger partial charge in [0, 0.05) is 11.0 Å². The highest BCUT2D eigenvalue weighted by Gasteiger charge is 2.11. The van der Waals surface area contributed by atoms with E-state index in [1.807, 2.05) is 20.8 Å². The van der Waals surface area contributed by atoms with Crippen molar-refractivity contribution >= 4 is 17.6 Å². The van der Waals surface area contributed by atoms with E-state index in [0.29, 0.717) is 17.2 Å². The average Bonchev–Trinajstić information content (AvgIpc) is 2.25. The van der Waals surface area contributed by atoms with Crippen LogP contribution in [-0.4, -0.2) is 12.6 Å². The minimum Gasteiger partial charge on any atom is -0.462 e. The van der Waals surface area contributed by atoms with Crippen LogP contribution in [0.1, 0.15) is 43.6 Å². The van der Waals surface area contributed by atoms with Gasteiger partial charge in [-0.15, -0.1) is 0 Å². The first kappa shape index (κ1) is 14.6. The van der Waals surface area contributed by atoms with Gasteiger partial charge in [0.25, 0.3) is 0 Å². The van der Waals surface area contributed by atoms with E-state index in [0.717, 1.165) is 5.56 Å². The van der Waals surface area contributed by atoms with Crippen LogP contribution in [0, 0.1) is 17.3 Å². The van der Waals surface area contributed by atoms with Gasteiger partial charge in [-0.1, -0.05) is 23.4 Å². The summed E-state index contributed by atoms with van der Waals surface area (Å²) in [6.07, 6.45) is 0. The number of ether oxygens (including phenoxy) is 1. The van der Waals surface area contributed by atoms with Gasteiger partial charge in [0.2, 0.25) is 0 Å². The van der Waals surface area contributed by atoms with Crippen molar-refractivity contribution in [3.8, 4) is 11.8 Å². The van der Waals surface area contributed by atoms with E-state index < -0.39 is 5.97 Å². The van der Waals surface area contributed by atoms with Crippen molar-refractivity contribution < 1.29 is 9.53 Å². The summed E-state index contributed by atoms with van der Waals surface area (Å²) in [6.45, 7) is 8.20. The maximum absolute atomic E-state index is 11.6. The molecule has 0 heterocycles. The lowest BCUT2D eigenvalue weighted by molar-refractivity contribution is 0.0526. The number of hydrogen-bond acceptors (Lipinski definition) is 2. The molecular weight excluding hydrogens is 248 g/mol. The van der Waals surface area contributed by atoms with Crippen LogP contribution in [-0.2, 0) is 4.74 Å². The summed E-state index contributed by atoms with van der Waals surface area (Å²) < 4.78 is 4.90. The molecule has 1 aromatic carbocycles. The quantitative estimate of drug-likeness (QED) is 0.598. The van der Waals surface area contributed by atoms with Gasteiger partial charge in [-0.3, -0.25) is 0 Å². The predicted molar refractivity (Wildman–Crippen MR) is 73.7 cm³/mol. The van der Waals surface area contributed by atoms with Crippen molar-refractivity contribution in [1.82, 2.24) is 0 Å². The Morgan fingerprint density at radius 3 is 2.56 bits per heavy atom. The first-order chi connectivity index (χ1) is 8.33. The van der Waals surface area contributed by atoms with E-state index in [1.54, 1.807) is 25.1 Å². The summed E-state index contributed by atoms with van der Waals surface area (Å²) in [7, 11) is 0. The Kier molecular flexibility index (Phi) is 4.81. The lowest BCUT2D eigenvalue weighted by Gasteiger charge is -2.07. The van der Waals surface area contributed by atoms with Gasteiger partial charge in [-0.05, 0) is 45.9 Å². The lowest BCUT2D eigenvalue weighted by Crippen LogP contribution is -2.05. The molecule has 0 amide bonds. The van der Waals surface area contributed by atoms with E-state index in [2.05, 4.69) is 11.8 Å². The highest BCUT2D eigenvalue weighted by molar-refractivity contribution is 6.33. The van der Waals surface area contributed by atoms with Gasteiger partial charge in [0.15, 0.2) is 0 Å². The fourth-order valence-electron chi connectivity index (χ4n) is 1.23. The Morgan fingerprint density at radius 2 is 2.06 bits per heavy atom. The molecule has 0 unspecified atom stereocenters. The van der Waals surface area contributed by atoms with E-state index in [9.17, 15) is 4.79 Å². The van der Waals surface area contributed by atoms with Gasteiger partial charge in [-0.25, -0.2) is 4.79 Å². The van der Waals surface area contributed by atoms with Crippen molar-refractivity contribution in [1.29, 1.82) is 0 Å². The molecule has 0 aliphatic carbocycles. The zero-order chi connectivity index (χ0) is 13.8. The van der Waals surface area contributed by atoms with Crippen molar-refractivity contribution in [2.45, 2.75) is 27.7 Å². The predicted octanol–water partition coefficient (Wildman–Crippen LogP) is 3.91. The fourth-order valence-corrected chi connectivity index (χ4v) is 1.48. The number of esters is 1. The maximum Gasteiger partial charge on any atom is 0.339 e. The van der Waals surface area contributed by atoms with Crippen LogP contribution in [0.4, 0.5) is 0 Å². The average molecular weight is 265 g/mol. The molecule has 0 saturated heterocycles. The molecule has 3 heteroatoms. The third kappa shape index (κ3) is 4.43. The van der Waals surface area contributed by atoms with Gasteiger partial charge in [0.1, 0.15) is 0 Å². The second-order valence-corrected chi connectivity index (χ2v) is 5.32. The number of rotatable bonds is 2. The van der Waals surface area contributed by atoms with Crippen LogP contribution in [0.3, 0.4) is 0 Å². The van der Waals surface area contributed by atoms with Gasteiger partial charge in [-0.2, -0.15) is 0 Å². The highest BCUT2D eigenvalue weighted by Crippen LogP contribution is 2.19. The van der Waals surface area contributed by atoms with Crippen LogP contribution in [0.5, 0.6) is 0 Å². The highest BCUT2D eigenvalue weighted by atomic mass is 35.5. The summed E-state index contributed by atoms with van der Waals surface area (Å²) in [5.41, 5.74) is 1.11. The first-order valence-electron chi connectivity index (χ1n) is 5.83. The summed E-state index contributed by atoms with van der Waals surface area (Å²) in [5, 5.41) is 0.370. The second kappa shape index (κ2) is 5.93. The molecule has 0 radical (unpaired) electrons. The standard InChI is InChI=1S/C15H17ClO2/c1-5-18-14(17)12-7-6-11(10-13(12)16)8-9-15(2,3)4/h6-7,10H,5H2,1-4H3. The SMILES string of the molecule is CCOC(=O)c1ccc(C#CC(C)(C)C)cc1Cl. The molecule has 2 nitrogen and oxygen atoms in total. The van der Waals surface area contributed by atoms with Gasteiger partial charge < -0.3 is 4.74 Å². The summed E-state index contributed by atoms with van der Waals surface area (Å²) in [5.74, 6) is 5.75. The molecule has 0 aromatic heterocycles. The van der Waals surface area contributed by atoms with Crippen molar-refractivity contribution in [3.63, 3.8) is 0 Å². The molecule has 0 spiro atoms. The van der Waals surface area contributed by atoms with E-state index >= 15 is 0 Å². The van der Waals surface area contributed by atoms with Gasteiger partial charge in [0.05, 0.1) is 17.2 Å². The maximum atomic E-state index is 11.6.